The summed E-state index contributed by atoms with van der Waals surface area (Å²) >= 11 is 11.9. The third-order valence-corrected chi connectivity index (χ3v) is 9.37. The number of sulfonamides is 1. The van der Waals surface area contributed by atoms with Gasteiger partial charge in [-0.05, 0) is 50.6 Å². The Morgan fingerprint density at radius 1 is 1.03 bits per heavy atom. The summed E-state index contributed by atoms with van der Waals surface area (Å²) in [6, 6.07) is 4.46. The quantitative estimate of drug-likeness (QED) is 0.0910. The van der Waals surface area contributed by atoms with Crippen LogP contribution in [-0.4, -0.2) is 102 Å². The van der Waals surface area contributed by atoms with Crippen LogP contribution in [0, 0.1) is 12.7 Å². The van der Waals surface area contributed by atoms with Crippen LogP contribution in [0.15, 0.2) is 46.2 Å². The van der Waals surface area contributed by atoms with Crippen LogP contribution in [-0.2, 0) is 40.2 Å². The number of esters is 2. The zero-order chi connectivity index (χ0) is 44.2. The van der Waals surface area contributed by atoms with Gasteiger partial charge in [0, 0.05) is 24.8 Å². The molecule has 0 fully saturated rings. The molecule has 0 bridgehead atoms. The van der Waals surface area contributed by atoms with Crippen LogP contribution in [0.3, 0.4) is 0 Å². The number of hydrogen-bond acceptors (Lipinski definition) is 15. The molecule has 322 valence electrons. The van der Waals surface area contributed by atoms with E-state index in [0.29, 0.717) is 4.68 Å². The van der Waals surface area contributed by atoms with Crippen LogP contribution in [0.1, 0.15) is 43.6 Å². The highest BCUT2D eigenvalue weighted by atomic mass is 35.5. The maximum Gasteiger partial charge on any atom is 0.355 e. The van der Waals surface area contributed by atoms with Gasteiger partial charge in [-0.25, -0.2) is 40.9 Å². The number of ether oxygens (including phenoxy) is 5. The lowest BCUT2D eigenvalue weighted by molar-refractivity contribution is -0.157. The van der Waals surface area contributed by atoms with Crippen molar-refractivity contribution < 1.29 is 64.0 Å². The molecule has 4 rings (SSSR count). The number of halogens is 6. The topological polar surface area (TPSA) is 234 Å². The molecule has 3 unspecified atom stereocenters. The number of carbonyl (C=O) groups is 3. The van der Waals surface area contributed by atoms with E-state index in [2.05, 4.69) is 30.1 Å². The van der Waals surface area contributed by atoms with Gasteiger partial charge in [0.05, 0.1) is 26.9 Å². The molecule has 0 saturated heterocycles. The van der Waals surface area contributed by atoms with Crippen molar-refractivity contribution in [3.63, 3.8) is 0 Å². The molecule has 59 heavy (non-hydrogen) atoms. The fraction of sp³-hybridized carbons (Fsp3) is 0.394. The molecule has 0 aliphatic rings. The van der Waals surface area contributed by atoms with Crippen molar-refractivity contribution in [2.24, 2.45) is 0 Å². The van der Waals surface area contributed by atoms with E-state index in [1.54, 1.807) is 11.6 Å². The Morgan fingerprint density at radius 2 is 1.68 bits per heavy atom. The van der Waals surface area contributed by atoms with E-state index in [-0.39, 0.29) is 57.4 Å². The van der Waals surface area contributed by atoms with E-state index < -0.39 is 80.9 Å². The third-order valence-electron chi connectivity index (χ3n) is 7.31. The van der Waals surface area contributed by atoms with Crippen molar-refractivity contribution in [1.82, 2.24) is 34.0 Å². The van der Waals surface area contributed by atoms with E-state index in [1.807, 2.05) is 0 Å². The van der Waals surface area contributed by atoms with Gasteiger partial charge < -0.3 is 23.7 Å². The predicted molar refractivity (Wildman–Crippen MR) is 199 cm³/mol. The van der Waals surface area contributed by atoms with Crippen LogP contribution < -0.4 is 25.2 Å². The first-order valence-corrected chi connectivity index (χ1v) is 18.9. The van der Waals surface area contributed by atoms with Crippen molar-refractivity contribution in [2.75, 3.05) is 39.9 Å². The van der Waals surface area contributed by atoms with Gasteiger partial charge in [0.2, 0.25) is 17.7 Å². The van der Waals surface area contributed by atoms with Gasteiger partial charge in [-0.1, -0.05) is 11.6 Å². The van der Waals surface area contributed by atoms with Gasteiger partial charge >= 0.3 is 30.2 Å². The van der Waals surface area contributed by atoms with E-state index in [1.165, 1.54) is 46.6 Å². The fourth-order valence-electron chi connectivity index (χ4n) is 4.74. The number of pyridine rings is 1. The van der Waals surface area contributed by atoms with Crippen LogP contribution in [0.4, 0.5) is 28.3 Å². The number of aromatic nitrogens is 6. The summed E-state index contributed by atoms with van der Waals surface area (Å²) in [5.74, 6) is -3.07. The monoisotopic (exact) mass is 898 g/mol. The summed E-state index contributed by atoms with van der Waals surface area (Å²) in [5, 5.41) is 4.65. The lowest BCUT2D eigenvalue weighted by Crippen LogP contribution is -2.36. The molecule has 3 aromatic heterocycles. The van der Waals surface area contributed by atoms with Crippen LogP contribution in [0.5, 0.6) is 11.8 Å². The Labute approximate surface area is 342 Å². The largest absolute Gasteiger partial charge is 0.481 e. The van der Waals surface area contributed by atoms with Gasteiger partial charge in [-0.15, -0.1) is 16.7 Å². The molecule has 3 atom stereocenters. The zero-order valence-corrected chi connectivity index (χ0v) is 34.1. The second-order valence-corrected chi connectivity index (χ2v) is 14.0. The van der Waals surface area contributed by atoms with Crippen molar-refractivity contribution in [1.29, 1.82) is 0 Å². The minimum Gasteiger partial charge on any atom is -0.481 e. The summed E-state index contributed by atoms with van der Waals surface area (Å²) in [7, 11) is -0.726. The number of benzene rings is 1. The van der Waals surface area contributed by atoms with Gasteiger partial charge in [0.15, 0.2) is 11.9 Å². The maximum atomic E-state index is 14.2. The molecule has 2 amide bonds. The lowest BCUT2D eigenvalue weighted by Gasteiger charge is -2.21. The normalized spacial score (nSPS) is 12.7. The SMILES string of the molecule is CCOC(=O)C(Cl)Cc1cc(-n2nc(C)n(C(F)F)c2=O)c(F)cc1Cl.COCC(=O)OC(c1ncccc1S(=O)(=O)NC(=O)Nc1nc(OC)cc(OC)n1)C(C)F. The molecular weight excluding hydrogens is 863 g/mol. The summed E-state index contributed by atoms with van der Waals surface area (Å²) in [6.07, 6.45) is -2.43. The lowest BCUT2D eigenvalue weighted by atomic mass is 10.1. The second kappa shape index (κ2) is 21.4. The first kappa shape index (κ1) is 47.8. The highest BCUT2D eigenvalue weighted by molar-refractivity contribution is 7.90. The number of carbonyl (C=O) groups excluding carboxylic acids is 3. The number of alkyl halides is 4. The van der Waals surface area contributed by atoms with Gasteiger partial charge in [-0.3, -0.25) is 15.1 Å². The van der Waals surface area contributed by atoms with Gasteiger partial charge in [0.25, 0.3) is 10.0 Å². The van der Waals surface area contributed by atoms with Crippen molar-refractivity contribution in [2.45, 2.75) is 56.3 Å². The smallest absolute Gasteiger partial charge is 0.355 e. The molecule has 0 radical (unpaired) electrons. The number of nitrogens with zero attached hydrogens (tertiary/aromatic N) is 6. The molecule has 26 heteroatoms. The summed E-state index contributed by atoms with van der Waals surface area (Å²) in [6.45, 7) is 0.380. The molecule has 0 spiro atoms. The molecule has 2 N–H and O–H groups in total. The van der Waals surface area contributed by atoms with Crippen molar-refractivity contribution in [3.05, 3.63) is 74.9 Å². The Morgan fingerprint density at radius 3 is 2.22 bits per heavy atom. The van der Waals surface area contributed by atoms with Crippen LogP contribution in [0.25, 0.3) is 5.69 Å². The molecule has 0 saturated carbocycles. The molecular formula is C33H36Cl2F4N8O11S. The van der Waals surface area contributed by atoms with E-state index in [9.17, 15) is 45.2 Å². The number of amides is 2. The highest BCUT2D eigenvalue weighted by Crippen LogP contribution is 2.29. The first-order chi connectivity index (χ1) is 27.8. The number of rotatable bonds is 16. The number of nitrogens with one attached hydrogen (secondary N) is 2. The molecule has 0 aliphatic carbocycles. The fourth-order valence-corrected chi connectivity index (χ4v) is 6.31. The number of aryl methyl sites for hydroxylation is 1. The van der Waals surface area contributed by atoms with Gasteiger partial charge in [0.1, 0.15) is 40.3 Å². The second-order valence-electron chi connectivity index (χ2n) is 11.5. The van der Waals surface area contributed by atoms with Crippen molar-refractivity contribution >= 4 is 57.1 Å². The summed E-state index contributed by atoms with van der Waals surface area (Å²) in [5.41, 5.74) is -1.79. The average Bonchev–Trinajstić information content (AvgIpc) is 3.47. The van der Waals surface area contributed by atoms with E-state index >= 15 is 0 Å². The molecule has 0 aliphatic heterocycles. The van der Waals surface area contributed by atoms with Crippen LogP contribution >= 0.6 is 23.2 Å². The molecule has 4 aromatic rings. The highest BCUT2D eigenvalue weighted by Gasteiger charge is 2.33. The number of urea groups is 1. The Bertz CT molecular complexity index is 2280. The Kier molecular flexibility index (Phi) is 17.4. The number of methoxy groups -OCH3 is 3. The Balaban J connectivity index is 0.000000324. The molecule has 3 heterocycles. The minimum absolute atomic E-state index is 0.0424. The standard InChI is InChI=1S/C18H22FN5O8S.C15H14Cl2F3N3O3/c1-10(19)16(32-14(25)9-29-2)15-11(6-5-7-20-15)33(27,28)24-18(26)23-17-21-12(30-3)8-13(22-17)31-4;1-3-26-13(24)10(17)4-8-5-12(11(18)6-9(8)16)23-15(25)22(14(19)20)7(2)21-23/h5-8,10,16H,9H2,1-4H3,(H2,21,22,23,24,26);5-6,10,14H,3-4H2,1-2H3. The van der Waals surface area contributed by atoms with Crippen LogP contribution in [0.2, 0.25) is 5.02 Å². The predicted octanol–water partition coefficient (Wildman–Crippen LogP) is 4.23. The van der Waals surface area contributed by atoms with Gasteiger partial charge in [-0.2, -0.15) is 23.4 Å². The maximum absolute atomic E-state index is 14.2. The number of anilines is 1. The van der Waals surface area contributed by atoms with E-state index in [0.717, 1.165) is 25.1 Å². The first-order valence-electron chi connectivity index (χ1n) is 16.6. The van der Waals surface area contributed by atoms with E-state index in [4.69, 9.17) is 42.1 Å². The third kappa shape index (κ3) is 12.7. The summed E-state index contributed by atoms with van der Waals surface area (Å²) in [4.78, 5) is 58.8. The summed E-state index contributed by atoms with van der Waals surface area (Å²) < 4.78 is 107. The zero-order valence-electron chi connectivity index (χ0n) is 31.7. The molecule has 19 nitrogen and oxygen atoms in total. The Hall–Kier alpha value is -5.59. The number of hydrogen-bond donors (Lipinski definition) is 2. The molecule has 1 aromatic carbocycles. The van der Waals surface area contributed by atoms with Crippen molar-refractivity contribution in [3.8, 4) is 17.4 Å². The average molecular weight is 900 g/mol. The minimum atomic E-state index is -4.60.